The summed E-state index contributed by atoms with van der Waals surface area (Å²) >= 11 is 0. The molecule has 0 N–H and O–H groups in total. The standard InChI is InChI=1S/C12H15FO/c1-9-3-2-4-10-8-14-11(5-6-13)7-12(9)10/h2-4,11H,5-8H2,1H3. The van der Waals surface area contributed by atoms with Crippen LogP contribution < -0.4 is 0 Å². The first kappa shape index (κ1) is 9.66. The number of benzene rings is 1. The van der Waals surface area contributed by atoms with Crippen LogP contribution in [0.2, 0.25) is 0 Å². The lowest BCUT2D eigenvalue weighted by molar-refractivity contribution is 0.0193. The lowest BCUT2D eigenvalue weighted by Crippen LogP contribution is -2.23. The van der Waals surface area contributed by atoms with Crippen molar-refractivity contribution in [1.29, 1.82) is 0 Å². The Kier molecular flexibility index (Phi) is 2.82. The van der Waals surface area contributed by atoms with E-state index in [2.05, 4.69) is 19.1 Å². The molecule has 0 spiro atoms. The first-order chi connectivity index (χ1) is 6.81. The highest BCUT2D eigenvalue weighted by Crippen LogP contribution is 2.24. The smallest absolute Gasteiger partial charge is 0.0919 e. The molecule has 1 aliphatic heterocycles. The van der Waals surface area contributed by atoms with Crippen molar-refractivity contribution in [2.75, 3.05) is 6.67 Å². The molecule has 0 radical (unpaired) electrons. The summed E-state index contributed by atoms with van der Waals surface area (Å²) in [6.07, 6.45) is 1.47. The molecule has 1 heterocycles. The number of halogens is 1. The van der Waals surface area contributed by atoms with Gasteiger partial charge in [0.2, 0.25) is 0 Å². The number of alkyl halides is 1. The highest BCUT2D eigenvalue weighted by molar-refractivity contribution is 5.35. The maximum Gasteiger partial charge on any atom is 0.0919 e. The molecule has 0 saturated carbocycles. The van der Waals surface area contributed by atoms with Crippen LogP contribution in [0.1, 0.15) is 23.1 Å². The molecule has 2 rings (SSSR count). The van der Waals surface area contributed by atoms with Crippen LogP contribution in [0.3, 0.4) is 0 Å². The molecule has 1 atom stereocenters. The number of hydrogen-bond donors (Lipinski definition) is 0. The average molecular weight is 194 g/mol. The van der Waals surface area contributed by atoms with Crippen LogP contribution in [-0.2, 0) is 17.8 Å². The average Bonchev–Trinajstić information content (AvgIpc) is 2.20. The van der Waals surface area contributed by atoms with Crippen molar-refractivity contribution in [3.63, 3.8) is 0 Å². The lowest BCUT2D eigenvalue weighted by atomic mass is 9.94. The number of aryl methyl sites for hydroxylation is 1. The zero-order valence-corrected chi connectivity index (χ0v) is 8.42. The molecule has 0 aromatic heterocycles. The highest BCUT2D eigenvalue weighted by Gasteiger charge is 2.19. The van der Waals surface area contributed by atoms with Gasteiger partial charge in [-0.3, -0.25) is 4.39 Å². The molecule has 14 heavy (non-hydrogen) atoms. The largest absolute Gasteiger partial charge is 0.373 e. The number of hydrogen-bond acceptors (Lipinski definition) is 1. The zero-order valence-electron chi connectivity index (χ0n) is 8.42. The van der Waals surface area contributed by atoms with E-state index in [0.29, 0.717) is 13.0 Å². The van der Waals surface area contributed by atoms with E-state index in [9.17, 15) is 4.39 Å². The third kappa shape index (κ3) is 1.80. The molecule has 2 heteroatoms. The summed E-state index contributed by atoms with van der Waals surface area (Å²) in [5.41, 5.74) is 3.92. The summed E-state index contributed by atoms with van der Waals surface area (Å²) in [4.78, 5) is 0. The van der Waals surface area contributed by atoms with Gasteiger partial charge in [-0.2, -0.15) is 0 Å². The molecule has 1 aromatic carbocycles. The molecule has 0 fully saturated rings. The lowest BCUT2D eigenvalue weighted by Gasteiger charge is -2.25. The summed E-state index contributed by atoms with van der Waals surface area (Å²) in [6, 6.07) is 6.25. The van der Waals surface area contributed by atoms with Gasteiger partial charge in [-0.15, -0.1) is 0 Å². The number of rotatable bonds is 2. The van der Waals surface area contributed by atoms with Gasteiger partial charge in [-0.1, -0.05) is 18.2 Å². The molecule has 1 unspecified atom stereocenters. The zero-order chi connectivity index (χ0) is 9.97. The van der Waals surface area contributed by atoms with E-state index in [1.165, 1.54) is 16.7 Å². The highest BCUT2D eigenvalue weighted by atomic mass is 19.1. The van der Waals surface area contributed by atoms with Gasteiger partial charge in [0.05, 0.1) is 19.4 Å². The van der Waals surface area contributed by atoms with E-state index in [1.807, 2.05) is 6.07 Å². The minimum Gasteiger partial charge on any atom is -0.373 e. The van der Waals surface area contributed by atoms with E-state index in [-0.39, 0.29) is 12.8 Å². The van der Waals surface area contributed by atoms with Crippen LogP contribution in [0.4, 0.5) is 4.39 Å². The molecule has 0 aliphatic carbocycles. The van der Waals surface area contributed by atoms with Crippen molar-refractivity contribution in [2.24, 2.45) is 0 Å². The number of ether oxygens (including phenoxy) is 1. The van der Waals surface area contributed by atoms with Crippen LogP contribution in [0, 0.1) is 6.92 Å². The molecule has 76 valence electrons. The van der Waals surface area contributed by atoms with E-state index in [1.54, 1.807) is 0 Å². The fourth-order valence-corrected chi connectivity index (χ4v) is 1.99. The van der Waals surface area contributed by atoms with Crippen molar-refractivity contribution >= 4 is 0 Å². The molecule has 0 saturated heterocycles. The van der Waals surface area contributed by atoms with Crippen LogP contribution in [0.15, 0.2) is 18.2 Å². The van der Waals surface area contributed by atoms with E-state index in [4.69, 9.17) is 4.74 Å². The summed E-state index contributed by atoms with van der Waals surface area (Å²) < 4.78 is 17.7. The maximum atomic E-state index is 12.2. The minimum absolute atomic E-state index is 0.0774. The van der Waals surface area contributed by atoms with Crippen molar-refractivity contribution in [3.05, 3.63) is 34.9 Å². The normalized spacial score (nSPS) is 20.6. The Hall–Kier alpha value is -0.890. The molecule has 1 nitrogen and oxygen atoms in total. The van der Waals surface area contributed by atoms with E-state index < -0.39 is 0 Å². The van der Waals surface area contributed by atoms with Gasteiger partial charge < -0.3 is 4.74 Å². The predicted molar refractivity (Wildman–Crippen MR) is 54.1 cm³/mol. The topological polar surface area (TPSA) is 9.23 Å². The fourth-order valence-electron chi connectivity index (χ4n) is 1.99. The third-order valence-electron chi connectivity index (χ3n) is 2.84. The van der Waals surface area contributed by atoms with Crippen molar-refractivity contribution in [1.82, 2.24) is 0 Å². The van der Waals surface area contributed by atoms with E-state index >= 15 is 0 Å². The Morgan fingerprint density at radius 3 is 3.14 bits per heavy atom. The van der Waals surface area contributed by atoms with Crippen molar-refractivity contribution < 1.29 is 9.13 Å². The van der Waals surface area contributed by atoms with Gasteiger partial charge in [-0.05, 0) is 30.0 Å². The predicted octanol–water partition coefficient (Wildman–Crippen LogP) is 2.80. The summed E-state index contributed by atoms with van der Waals surface area (Å²) in [7, 11) is 0. The van der Waals surface area contributed by atoms with Gasteiger partial charge >= 0.3 is 0 Å². The molecule has 1 aliphatic rings. The molecular weight excluding hydrogens is 179 g/mol. The summed E-state index contributed by atoms with van der Waals surface area (Å²) in [6.45, 7) is 2.46. The Balaban J connectivity index is 2.20. The van der Waals surface area contributed by atoms with Gasteiger partial charge in [0.15, 0.2) is 0 Å². The van der Waals surface area contributed by atoms with Gasteiger partial charge in [0.1, 0.15) is 0 Å². The Bertz CT molecular complexity index is 322. The van der Waals surface area contributed by atoms with Gasteiger partial charge in [-0.25, -0.2) is 0 Å². The van der Waals surface area contributed by atoms with Crippen LogP contribution in [0.25, 0.3) is 0 Å². The Morgan fingerprint density at radius 2 is 2.36 bits per heavy atom. The van der Waals surface area contributed by atoms with Crippen molar-refractivity contribution in [3.8, 4) is 0 Å². The molecular formula is C12H15FO. The second-order valence-electron chi connectivity index (χ2n) is 3.83. The SMILES string of the molecule is Cc1cccc2c1CC(CCF)OC2. The minimum atomic E-state index is -0.286. The second kappa shape index (κ2) is 4.09. The summed E-state index contributed by atoms with van der Waals surface area (Å²) in [5, 5.41) is 0. The van der Waals surface area contributed by atoms with Crippen LogP contribution in [-0.4, -0.2) is 12.8 Å². The Morgan fingerprint density at radius 1 is 1.50 bits per heavy atom. The third-order valence-corrected chi connectivity index (χ3v) is 2.84. The number of fused-ring (bicyclic) bond motifs is 1. The maximum absolute atomic E-state index is 12.2. The molecule has 0 amide bonds. The van der Waals surface area contributed by atoms with Crippen LogP contribution in [0.5, 0.6) is 0 Å². The molecule has 1 aromatic rings. The van der Waals surface area contributed by atoms with Crippen molar-refractivity contribution in [2.45, 2.75) is 32.5 Å². The second-order valence-corrected chi connectivity index (χ2v) is 3.83. The Labute approximate surface area is 83.9 Å². The monoisotopic (exact) mass is 194 g/mol. The summed E-state index contributed by atoms with van der Waals surface area (Å²) in [5.74, 6) is 0. The van der Waals surface area contributed by atoms with Gasteiger partial charge in [0, 0.05) is 6.42 Å². The quantitative estimate of drug-likeness (QED) is 0.703. The fraction of sp³-hybridized carbons (Fsp3) is 0.500. The first-order valence-electron chi connectivity index (χ1n) is 5.06. The van der Waals surface area contributed by atoms with Crippen LogP contribution >= 0.6 is 0 Å². The van der Waals surface area contributed by atoms with Gasteiger partial charge in [0.25, 0.3) is 0 Å². The van der Waals surface area contributed by atoms with E-state index in [0.717, 1.165) is 6.42 Å². The molecule has 0 bridgehead atoms. The first-order valence-corrected chi connectivity index (χ1v) is 5.06.